The fraction of sp³-hybridized carbons (Fsp3) is 0.318. The molecule has 1 atom stereocenters. The van der Waals surface area contributed by atoms with Crippen molar-refractivity contribution < 1.29 is 19.0 Å². The van der Waals surface area contributed by atoms with Gasteiger partial charge in [0.05, 0.1) is 24.2 Å². The number of aromatic nitrogens is 4. The predicted octanol–water partition coefficient (Wildman–Crippen LogP) is 2.57. The molecule has 2 aliphatic heterocycles. The van der Waals surface area contributed by atoms with Crippen LogP contribution >= 0.6 is 0 Å². The molecule has 0 bridgehead atoms. The van der Waals surface area contributed by atoms with Gasteiger partial charge in [0.15, 0.2) is 28.8 Å². The first kappa shape index (κ1) is 21.8. The molecule has 1 fully saturated rings. The van der Waals surface area contributed by atoms with Crippen LogP contribution in [0, 0.1) is 5.82 Å². The molecule has 5 rings (SSSR count). The molecular weight excluding hydrogens is 443 g/mol. The van der Waals surface area contributed by atoms with Crippen LogP contribution < -0.4 is 25.6 Å². The number of nitrogens with one attached hydrogen (secondary N) is 3. The van der Waals surface area contributed by atoms with Crippen LogP contribution in [0.1, 0.15) is 20.3 Å². The molecule has 12 heteroatoms. The summed E-state index contributed by atoms with van der Waals surface area (Å²) in [5, 5.41) is 18.2. The van der Waals surface area contributed by atoms with E-state index in [4.69, 9.17) is 4.74 Å². The number of carbonyl (C=O) groups excluding carboxylic acids is 1. The van der Waals surface area contributed by atoms with Gasteiger partial charge < -0.3 is 30.7 Å². The van der Waals surface area contributed by atoms with E-state index in [9.17, 15) is 14.3 Å². The van der Waals surface area contributed by atoms with Crippen LogP contribution in [0.25, 0.3) is 0 Å². The van der Waals surface area contributed by atoms with E-state index >= 15 is 0 Å². The molecule has 1 saturated heterocycles. The maximum Gasteiger partial charge on any atom is 0.269 e. The number of pyridine rings is 2. The summed E-state index contributed by atoms with van der Waals surface area (Å²) < 4.78 is 20.0. The highest BCUT2D eigenvalue weighted by Crippen LogP contribution is 2.33. The zero-order valence-electron chi connectivity index (χ0n) is 18.5. The standard InChI is InChI=1S/C22H23FN8O3/c1-22(2)20(33)29-19-15(34-22)4-5-16(28-19)27-18-14(23)10-25-21(30-18)26-12-3-6-17(24-9-12)31-8-7-13(32)11-31/h3-6,9-10,13,32H,7-8,11H2,1-2H3,(H3,25,26,27,28,29,30,33)/t13-/m0/s1. The summed E-state index contributed by atoms with van der Waals surface area (Å²) >= 11 is 0. The summed E-state index contributed by atoms with van der Waals surface area (Å²) in [6.45, 7) is 4.62. The van der Waals surface area contributed by atoms with E-state index in [1.165, 1.54) is 0 Å². The average Bonchev–Trinajstić information content (AvgIpc) is 3.24. The molecule has 11 nitrogen and oxygen atoms in total. The van der Waals surface area contributed by atoms with E-state index < -0.39 is 11.4 Å². The van der Waals surface area contributed by atoms with Crippen molar-refractivity contribution in [1.29, 1.82) is 0 Å². The van der Waals surface area contributed by atoms with E-state index in [1.54, 1.807) is 32.2 Å². The highest BCUT2D eigenvalue weighted by atomic mass is 19.1. The van der Waals surface area contributed by atoms with Crippen molar-refractivity contribution in [3.8, 4) is 5.75 Å². The first-order chi connectivity index (χ1) is 16.3. The van der Waals surface area contributed by atoms with Gasteiger partial charge in [-0.1, -0.05) is 0 Å². The quantitative estimate of drug-likeness (QED) is 0.444. The van der Waals surface area contributed by atoms with E-state index in [1.807, 2.05) is 17.0 Å². The Labute approximate surface area is 194 Å². The van der Waals surface area contributed by atoms with Gasteiger partial charge in [0.1, 0.15) is 11.6 Å². The summed E-state index contributed by atoms with van der Waals surface area (Å²) in [5.41, 5.74) is -0.387. The van der Waals surface area contributed by atoms with Crippen LogP contribution in [-0.4, -0.2) is 55.7 Å². The topological polar surface area (TPSA) is 137 Å². The maximum atomic E-state index is 14.4. The molecule has 0 radical (unpaired) electrons. The molecule has 34 heavy (non-hydrogen) atoms. The van der Waals surface area contributed by atoms with Gasteiger partial charge in [0.25, 0.3) is 5.91 Å². The Morgan fingerprint density at radius 3 is 2.76 bits per heavy atom. The molecule has 2 aliphatic rings. The van der Waals surface area contributed by atoms with Crippen molar-refractivity contribution in [1.82, 2.24) is 19.9 Å². The molecule has 3 aromatic heterocycles. The minimum atomic E-state index is -1.01. The molecule has 1 amide bonds. The van der Waals surface area contributed by atoms with Crippen molar-refractivity contribution in [2.75, 3.05) is 33.9 Å². The fourth-order valence-corrected chi connectivity index (χ4v) is 3.63. The number of amides is 1. The Morgan fingerprint density at radius 1 is 1.18 bits per heavy atom. The van der Waals surface area contributed by atoms with Crippen LogP contribution in [0.15, 0.2) is 36.7 Å². The lowest BCUT2D eigenvalue weighted by Gasteiger charge is -2.30. The van der Waals surface area contributed by atoms with Gasteiger partial charge in [-0.15, -0.1) is 0 Å². The highest BCUT2D eigenvalue weighted by Gasteiger charge is 2.36. The van der Waals surface area contributed by atoms with Crippen LogP contribution in [0.4, 0.5) is 39.3 Å². The maximum absolute atomic E-state index is 14.4. The van der Waals surface area contributed by atoms with Crippen molar-refractivity contribution in [3.05, 3.63) is 42.5 Å². The Morgan fingerprint density at radius 2 is 2.03 bits per heavy atom. The van der Waals surface area contributed by atoms with Gasteiger partial charge in [-0.25, -0.2) is 19.3 Å². The van der Waals surface area contributed by atoms with E-state index in [0.717, 1.165) is 25.0 Å². The lowest BCUT2D eigenvalue weighted by molar-refractivity contribution is -0.129. The van der Waals surface area contributed by atoms with Gasteiger partial charge in [-0.2, -0.15) is 4.98 Å². The van der Waals surface area contributed by atoms with E-state index in [0.29, 0.717) is 18.0 Å². The third-order valence-electron chi connectivity index (χ3n) is 5.48. The molecule has 4 N–H and O–H groups in total. The number of hydrogen-bond acceptors (Lipinski definition) is 10. The third-order valence-corrected chi connectivity index (χ3v) is 5.48. The van der Waals surface area contributed by atoms with E-state index in [-0.39, 0.29) is 35.4 Å². The zero-order chi connectivity index (χ0) is 23.9. The van der Waals surface area contributed by atoms with Crippen molar-refractivity contribution >= 4 is 40.8 Å². The van der Waals surface area contributed by atoms with Crippen LogP contribution in [0.2, 0.25) is 0 Å². The van der Waals surface area contributed by atoms with Gasteiger partial charge >= 0.3 is 0 Å². The summed E-state index contributed by atoms with van der Waals surface area (Å²) in [4.78, 5) is 31.0. The Kier molecular flexibility index (Phi) is 5.36. The number of rotatable bonds is 5. The summed E-state index contributed by atoms with van der Waals surface area (Å²) in [6.07, 6.45) is 3.04. The molecule has 0 aliphatic carbocycles. The van der Waals surface area contributed by atoms with Crippen LogP contribution in [0.5, 0.6) is 5.75 Å². The number of halogens is 1. The second-order valence-corrected chi connectivity index (χ2v) is 8.54. The average molecular weight is 466 g/mol. The molecule has 0 unspecified atom stereocenters. The Hall–Kier alpha value is -4.06. The van der Waals surface area contributed by atoms with Crippen molar-refractivity contribution in [3.63, 3.8) is 0 Å². The number of ether oxygens (including phenoxy) is 1. The van der Waals surface area contributed by atoms with Crippen LogP contribution in [0.3, 0.4) is 0 Å². The summed E-state index contributed by atoms with van der Waals surface area (Å²) in [7, 11) is 0. The number of aliphatic hydroxyl groups excluding tert-OH is 1. The lowest BCUT2D eigenvalue weighted by atomic mass is 10.1. The van der Waals surface area contributed by atoms with E-state index in [2.05, 4.69) is 35.9 Å². The minimum absolute atomic E-state index is 0.0935. The summed E-state index contributed by atoms with van der Waals surface area (Å²) in [6, 6.07) is 6.87. The molecule has 0 spiro atoms. The molecule has 5 heterocycles. The number of aliphatic hydroxyl groups is 1. The smallest absolute Gasteiger partial charge is 0.269 e. The van der Waals surface area contributed by atoms with Gasteiger partial charge in [0.2, 0.25) is 5.95 Å². The molecule has 176 valence electrons. The highest BCUT2D eigenvalue weighted by molar-refractivity contribution is 5.99. The summed E-state index contributed by atoms with van der Waals surface area (Å²) in [5.74, 6) is 0.749. The molecular formula is C22H23FN8O3. The third kappa shape index (κ3) is 4.39. The number of hydrogen-bond donors (Lipinski definition) is 4. The second kappa shape index (κ2) is 8.37. The predicted molar refractivity (Wildman–Crippen MR) is 123 cm³/mol. The van der Waals surface area contributed by atoms with Gasteiger partial charge in [-0.05, 0) is 44.5 Å². The number of carbonyl (C=O) groups is 1. The molecule has 0 aromatic carbocycles. The lowest BCUT2D eigenvalue weighted by Crippen LogP contribution is -2.46. The second-order valence-electron chi connectivity index (χ2n) is 8.54. The Balaban J connectivity index is 1.30. The largest absolute Gasteiger partial charge is 0.474 e. The van der Waals surface area contributed by atoms with Gasteiger partial charge in [-0.3, -0.25) is 4.79 Å². The monoisotopic (exact) mass is 466 g/mol. The van der Waals surface area contributed by atoms with Crippen molar-refractivity contribution in [2.24, 2.45) is 0 Å². The number of anilines is 6. The SMILES string of the molecule is CC1(C)Oc2ccc(Nc3nc(Nc4ccc(N5CC[C@H](O)C5)nc4)ncc3F)nc2NC1=O. The molecule has 3 aromatic rings. The number of fused-ring (bicyclic) bond motifs is 1. The minimum Gasteiger partial charge on any atom is -0.474 e. The number of β-amino-alcohol motifs (C(OH)–C–C–N with tert-alkyl or cyclic N) is 1. The fourth-order valence-electron chi connectivity index (χ4n) is 3.63. The zero-order valence-corrected chi connectivity index (χ0v) is 18.5. The normalized spacial score (nSPS) is 18.6. The molecule has 0 saturated carbocycles. The van der Waals surface area contributed by atoms with Crippen molar-refractivity contribution in [2.45, 2.75) is 32.0 Å². The Bertz CT molecular complexity index is 1240. The van der Waals surface area contributed by atoms with Crippen LogP contribution in [-0.2, 0) is 4.79 Å². The first-order valence-corrected chi connectivity index (χ1v) is 10.7. The first-order valence-electron chi connectivity index (χ1n) is 10.7. The number of nitrogens with zero attached hydrogens (tertiary/aromatic N) is 5. The van der Waals surface area contributed by atoms with Gasteiger partial charge in [0, 0.05) is 13.1 Å².